The van der Waals surface area contributed by atoms with Crippen molar-refractivity contribution in [3.63, 3.8) is 0 Å². The molecule has 8 nitrogen and oxygen atoms in total. The quantitative estimate of drug-likeness (QED) is 0.567. The highest BCUT2D eigenvalue weighted by Crippen LogP contribution is 2.35. The Morgan fingerprint density at radius 3 is 2.83 bits per heavy atom. The summed E-state index contributed by atoms with van der Waals surface area (Å²) in [6, 6.07) is 13.2. The molecule has 0 aliphatic carbocycles. The van der Waals surface area contributed by atoms with Crippen molar-refractivity contribution < 1.29 is 4.74 Å². The number of hydrogen-bond donors (Lipinski definition) is 1. The topological polar surface area (TPSA) is 115 Å². The summed E-state index contributed by atoms with van der Waals surface area (Å²) in [6.45, 7) is 1.23. The summed E-state index contributed by atoms with van der Waals surface area (Å²) in [5, 5.41) is 14.5. The van der Waals surface area contributed by atoms with Crippen molar-refractivity contribution >= 4 is 16.9 Å². The lowest BCUT2D eigenvalue weighted by atomic mass is 10.0. The van der Waals surface area contributed by atoms with E-state index in [-0.39, 0.29) is 0 Å². The second-order valence-electron chi connectivity index (χ2n) is 6.83. The number of fused-ring (bicyclic) bond motifs is 1. The normalized spacial score (nSPS) is 13.8. The highest BCUT2D eigenvalue weighted by molar-refractivity contribution is 5.85. The summed E-state index contributed by atoms with van der Waals surface area (Å²) in [7, 11) is 0. The molecule has 2 N–H and O–H groups in total. The fourth-order valence-electron chi connectivity index (χ4n) is 3.62. The maximum atomic E-state index is 9.62. The molecule has 3 aromatic heterocycles. The Morgan fingerprint density at radius 2 is 2.07 bits per heavy atom. The zero-order valence-corrected chi connectivity index (χ0v) is 16.0. The van der Waals surface area contributed by atoms with Gasteiger partial charge in [0.25, 0.3) is 0 Å². The summed E-state index contributed by atoms with van der Waals surface area (Å²) in [5.41, 5.74) is 12.0. The van der Waals surface area contributed by atoms with E-state index in [9.17, 15) is 5.26 Å². The van der Waals surface area contributed by atoms with E-state index in [1.807, 2.05) is 30.3 Å². The predicted molar refractivity (Wildman–Crippen MR) is 112 cm³/mol. The molecule has 8 heteroatoms. The molecule has 0 atom stereocenters. The second kappa shape index (κ2) is 7.39. The van der Waals surface area contributed by atoms with Crippen molar-refractivity contribution in [2.45, 2.75) is 6.42 Å². The van der Waals surface area contributed by atoms with Crippen molar-refractivity contribution in [1.29, 1.82) is 5.26 Å². The first kappa shape index (κ1) is 18.0. The highest BCUT2D eigenvalue weighted by Gasteiger charge is 2.22. The van der Waals surface area contributed by atoms with Gasteiger partial charge < -0.3 is 10.5 Å². The third kappa shape index (κ3) is 2.98. The number of nitrogen functional groups attached to an aromatic ring is 1. The van der Waals surface area contributed by atoms with Crippen molar-refractivity contribution in [3.8, 4) is 28.7 Å². The fraction of sp³-hybridized carbons (Fsp3) is 0.136. The number of hydrogen-bond acceptors (Lipinski definition) is 7. The number of aromatic nitrogens is 5. The van der Waals surface area contributed by atoms with Crippen LogP contribution in [0.4, 0.5) is 5.82 Å². The van der Waals surface area contributed by atoms with E-state index < -0.39 is 0 Å². The minimum absolute atomic E-state index is 0.335. The van der Waals surface area contributed by atoms with Gasteiger partial charge in [-0.05, 0) is 30.2 Å². The molecule has 0 unspecified atom stereocenters. The molecule has 4 aromatic rings. The molecule has 1 aliphatic rings. The number of ether oxygens (including phenoxy) is 1. The smallest absolute Gasteiger partial charge is 0.150 e. The summed E-state index contributed by atoms with van der Waals surface area (Å²) < 4.78 is 7.18. The molecule has 0 radical (unpaired) electrons. The zero-order chi connectivity index (χ0) is 20.5. The van der Waals surface area contributed by atoms with Crippen LogP contribution in [0.3, 0.4) is 0 Å². The van der Waals surface area contributed by atoms with Gasteiger partial charge in [0.2, 0.25) is 0 Å². The highest BCUT2D eigenvalue weighted by atomic mass is 16.5. The van der Waals surface area contributed by atoms with E-state index in [4.69, 9.17) is 15.6 Å². The van der Waals surface area contributed by atoms with Crippen LogP contribution in [-0.4, -0.2) is 37.8 Å². The Kier molecular flexibility index (Phi) is 4.42. The van der Waals surface area contributed by atoms with E-state index >= 15 is 0 Å². The molecule has 0 fully saturated rings. The molecule has 0 spiro atoms. The number of nitriles is 1. The van der Waals surface area contributed by atoms with Crippen LogP contribution in [0.5, 0.6) is 0 Å². The SMILES string of the molecule is N#Cc1ccccc1-c1nc(N)c2cc(C3=CCOCC3)nn2c1-c1ccncn1. The van der Waals surface area contributed by atoms with Gasteiger partial charge in [-0.25, -0.2) is 19.5 Å². The summed E-state index contributed by atoms with van der Waals surface area (Å²) in [5.74, 6) is 0.335. The summed E-state index contributed by atoms with van der Waals surface area (Å²) >= 11 is 0. The zero-order valence-electron chi connectivity index (χ0n) is 16.0. The van der Waals surface area contributed by atoms with Gasteiger partial charge in [-0.1, -0.05) is 24.3 Å². The first-order chi connectivity index (χ1) is 14.8. The van der Waals surface area contributed by atoms with E-state index in [1.165, 1.54) is 6.33 Å². The van der Waals surface area contributed by atoms with Crippen LogP contribution >= 0.6 is 0 Å². The van der Waals surface area contributed by atoms with Gasteiger partial charge >= 0.3 is 0 Å². The van der Waals surface area contributed by atoms with Gasteiger partial charge in [-0.15, -0.1) is 0 Å². The molecule has 0 amide bonds. The lowest BCUT2D eigenvalue weighted by molar-refractivity contribution is 0.161. The number of nitrogens with zero attached hydrogens (tertiary/aromatic N) is 6. The Morgan fingerprint density at radius 1 is 1.17 bits per heavy atom. The summed E-state index contributed by atoms with van der Waals surface area (Å²) in [6.07, 6.45) is 5.95. The Balaban J connectivity index is 1.84. The van der Waals surface area contributed by atoms with Gasteiger partial charge in [0.1, 0.15) is 29.0 Å². The predicted octanol–water partition coefficient (Wildman–Crippen LogP) is 3.11. The molecule has 0 saturated carbocycles. The van der Waals surface area contributed by atoms with Crippen LogP contribution < -0.4 is 5.73 Å². The molecule has 30 heavy (non-hydrogen) atoms. The number of anilines is 1. The van der Waals surface area contributed by atoms with Crippen LogP contribution in [-0.2, 0) is 4.74 Å². The molecular formula is C22H17N7O. The molecule has 0 saturated heterocycles. The van der Waals surface area contributed by atoms with Crippen molar-refractivity contribution in [1.82, 2.24) is 24.6 Å². The lowest BCUT2D eigenvalue weighted by Crippen LogP contribution is -2.07. The van der Waals surface area contributed by atoms with Crippen molar-refractivity contribution in [2.75, 3.05) is 18.9 Å². The molecule has 1 aromatic carbocycles. The average Bonchev–Trinajstić information content (AvgIpc) is 3.26. The molecule has 0 bridgehead atoms. The first-order valence-electron chi connectivity index (χ1n) is 9.48. The van der Waals surface area contributed by atoms with Crippen LogP contribution in [0.1, 0.15) is 17.7 Å². The van der Waals surface area contributed by atoms with Gasteiger partial charge in [0.15, 0.2) is 0 Å². The van der Waals surface area contributed by atoms with E-state index in [0.717, 1.165) is 17.7 Å². The van der Waals surface area contributed by atoms with E-state index in [2.05, 4.69) is 21.0 Å². The Hall–Kier alpha value is -4.09. The van der Waals surface area contributed by atoms with Crippen LogP contribution in [0.25, 0.3) is 33.7 Å². The van der Waals surface area contributed by atoms with Crippen molar-refractivity contribution in [2.24, 2.45) is 0 Å². The average molecular weight is 395 g/mol. The lowest BCUT2D eigenvalue weighted by Gasteiger charge is -2.13. The third-order valence-corrected chi connectivity index (χ3v) is 5.06. The van der Waals surface area contributed by atoms with E-state index in [0.29, 0.717) is 52.8 Å². The molecule has 4 heterocycles. The van der Waals surface area contributed by atoms with Crippen LogP contribution in [0.15, 0.2) is 55.0 Å². The van der Waals surface area contributed by atoms with Crippen molar-refractivity contribution in [3.05, 3.63) is 66.3 Å². The minimum Gasteiger partial charge on any atom is -0.382 e. The van der Waals surface area contributed by atoms with Gasteiger partial charge in [0, 0.05) is 11.8 Å². The molecular weight excluding hydrogens is 378 g/mol. The Labute approximate surface area is 172 Å². The number of benzene rings is 1. The maximum absolute atomic E-state index is 9.62. The van der Waals surface area contributed by atoms with Crippen LogP contribution in [0.2, 0.25) is 0 Å². The molecule has 5 rings (SSSR count). The minimum atomic E-state index is 0.335. The fourth-order valence-corrected chi connectivity index (χ4v) is 3.62. The number of nitrogens with two attached hydrogens (primary N) is 1. The van der Waals surface area contributed by atoms with E-state index in [1.54, 1.807) is 22.8 Å². The number of rotatable bonds is 3. The standard InChI is InChI=1S/C22H17N7O/c23-12-15-3-1-2-4-16(15)20-21(17-5-8-25-13-26-17)29-19(22(24)27-20)11-18(28-29)14-6-9-30-10-7-14/h1-6,8,11,13H,7,9-10H2,(H2,24,27). The molecule has 1 aliphatic heterocycles. The monoisotopic (exact) mass is 395 g/mol. The molecule has 146 valence electrons. The first-order valence-corrected chi connectivity index (χ1v) is 9.48. The van der Waals surface area contributed by atoms with Gasteiger partial charge in [-0.3, -0.25) is 0 Å². The third-order valence-electron chi connectivity index (χ3n) is 5.06. The maximum Gasteiger partial charge on any atom is 0.150 e. The second-order valence-corrected chi connectivity index (χ2v) is 6.83. The largest absolute Gasteiger partial charge is 0.382 e. The Bertz CT molecular complexity index is 1320. The van der Waals surface area contributed by atoms with Gasteiger partial charge in [0.05, 0.1) is 36.2 Å². The summed E-state index contributed by atoms with van der Waals surface area (Å²) in [4.78, 5) is 13.1. The van der Waals surface area contributed by atoms with Crippen LogP contribution in [0, 0.1) is 11.3 Å². The van der Waals surface area contributed by atoms with Gasteiger partial charge in [-0.2, -0.15) is 10.4 Å².